The van der Waals surface area contributed by atoms with Gasteiger partial charge >= 0.3 is 0 Å². The van der Waals surface area contributed by atoms with E-state index < -0.39 is 0 Å². The van der Waals surface area contributed by atoms with Crippen molar-refractivity contribution in [3.63, 3.8) is 0 Å². The minimum absolute atomic E-state index is 0.211. The molecule has 1 unspecified atom stereocenters. The first-order valence-corrected chi connectivity index (χ1v) is 13.6. The molecule has 4 aromatic rings. The molecule has 1 aliphatic rings. The Kier molecular flexibility index (Phi) is 8.83. The molecule has 0 bridgehead atoms. The van der Waals surface area contributed by atoms with Gasteiger partial charge in [0.1, 0.15) is 18.4 Å². The fraction of sp³-hybridized carbons (Fsp3) is 0.448. The summed E-state index contributed by atoms with van der Waals surface area (Å²) in [5.74, 6) is 0.855. The first-order valence-electron chi connectivity index (χ1n) is 13.6. The van der Waals surface area contributed by atoms with E-state index >= 15 is 0 Å². The van der Waals surface area contributed by atoms with Gasteiger partial charge in [-0.1, -0.05) is 18.2 Å². The molecule has 0 amide bonds. The second kappa shape index (κ2) is 12.6. The van der Waals surface area contributed by atoms with Gasteiger partial charge in [-0.05, 0) is 55.7 Å². The van der Waals surface area contributed by atoms with Crippen molar-refractivity contribution in [1.82, 2.24) is 25.2 Å². The number of aromatic nitrogens is 3. The molecule has 9 heteroatoms. The van der Waals surface area contributed by atoms with Crippen molar-refractivity contribution in [1.29, 1.82) is 0 Å². The van der Waals surface area contributed by atoms with Gasteiger partial charge < -0.3 is 25.4 Å². The van der Waals surface area contributed by atoms with E-state index in [4.69, 9.17) is 25.2 Å². The van der Waals surface area contributed by atoms with Crippen LogP contribution in [0.5, 0.6) is 0 Å². The Morgan fingerprint density at radius 3 is 2.76 bits per heavy atom. The van der Waals surface area contributed by atoms with Crippen molar-refractivity contribution < 1.29 is 9.47 Å². The summed E-state index contributed by atoms with van der Waals surface area (Å²) < 4.78 is 13.1. The highest BCUT2D eigenvalue weighted by molar-refractivity contribution is 5.92. The number of piperidine rings is 1. The van der Waals surface area contributed by atoms with Gasteiger partial charge in [0, 0.05) is 57.9 Å². The van der Waals surface area contributed by atoms with Gasteiger partial charge in [0.25, 0.3) is 0 Å². The van der Waals surface area contributed by atoms with Crippen molar-refractivity contribution in [2.75, 3.05) is 57.9 Å². The molecule has 5 rings (SSSR count). The number of pyridine rings is 1. The molecule has 0 spiro atoms. The van der Waals surface area contributed by atoms with Gasteiger partial charge in [0.05, 0.1) is 28.8 Å². The third kappa shape index (κ3) is 5.98. The summed E-state index contributed by atoms with van der Waals surface area (Å²) >= 11 is 0. The highest BCUT2D eigenvalue weighted by atomic mass is 16.5. The third-order valence-electron chi connectivity index (χ3n) is 7.18. The van der Waals surface area contributed by atoms with E-state index in [1.165, 1.54) is 5.69 Å². The van der Waals surface area contributed by atoms with Gasteiger partial charge in [0.15, 0.2) is 0 Å². The van der Waals surface area contributed by atoms with Crippen LogP contribution in [0.15, 0.2) is 54.9 Å². The van der Waals surface area contributed by atoms with Crippen LogP contribution in [0, 0.1) is 0 Å². The van der Waals surface area contributed by atoms with Crippen LogP contribution < -0.4 is 21.3 Å². The van der Waals surface area contributed by atoms with Crippen LogP contribution in [0.25, 0.3) is 27.8 Å². The molecule has 0 aliphatic carbocycles. The normalized spacial score (nSPS) is 15.5. The average Bonchev–Trinajstić information content (AvgIpc) is 3.38. The van der Waals surface area contributed by atoms with E-state index in [1.54, 1.807) is 7.11 Å². The molecule has 2 aromatic carbocycles. The van der Waals surface area contributed by atoms with Crippen molar-refractivity contribution in [3.05, 3.63) is 60.4 Å². The molecule has 4 N–H and O–H groups in total. The number of methoxy groups -OCH3 is 1. The number of para-hydroxylation sites is 1. The number of imidazole rings is 1. The van der Waals surface area contributed by atoms with Gasteiger partial charge in [-0.25, -0.2) is 9.97 Å². The molecular weight excluding hydrogens is 478 g/mol. The van der Waals surface area contributed by atoms with Crippen molar-refractivity contribution >= 4 is 27.6 Å². The average molecular weight is 518 g/mol. The zero-order valence-corrected chi connectivity index (χ0v) is 22.4. The molecule has 38 heavy (non-hydrogen) atoms. The Bertz CT molecular complexity index is 1330. The molecule has 1 aliphatic heterocycles. The molecule has 0 saturated carbocycles. The molecule has 1 fully saturated rings. The number of ether oxygens (including phenoxy) is 2. The zero-order valence-electron chi connectivity index (χ0n) is 22.4. The number of fused-ring (bicyclic) bond motifs is 2. The second-order valence-corrected chi connectivity index (χ2v) is 9.72. The van der Waals surface area contributed by atoms with Crippen LogP contribution in [0.1, 0.15) is 31.6 Å². The highest BCUT2D eigenvalue weighted by Gasteiger charge is 2.19. The van der Waals surface area contributed by atoms with Crippen LogP contribution in [-0.2, 0) is 9.47 Å². The Morgan fingerprint density at radius 2 is 1.95 bits per heavy atom. The van der Waals surface area contributed by atoms with Gasteiger partial charge in [-0.15, -0.1) is 0 Å². The maximum absolute atomic E-state index is 6.15. The molecule has 0 radical (unpaired) electrons. The summed E-state index contributed by atoms with van der Waals surface area (Å²) in [5, 5.41) is 7.96. The van der Waals surface area contributed by atoms with E-state index in [0.717, 1.165) is 92.1 Å². The summed E-state index contributed by atoms with van der Waals surface area (Å²) in [6.45, 7) is 7.86. The fourth-order valence-electron chi connectivity index (χ4n) is 5.07. The monoisotopic (exact) mass is 517 g/mol. The molecule has 3 heterocycles. The van der Waals surface area contributed by atoms with E-state index in [0.29, 0.717) is 6.04 Å². The van der Waals surface area contributed by atoms with E-state index in [-0.39, 0.29) is 6.23 Å². The quantitative estimate of drug-likeness (QED) is 0.194. The van der Waals surface area contributed by atoms with Crippen LogP contribution >= 0.6 is 0 Å². The Hall–Kier alpha value is -3.08. The fourth-order valence-corrected chi connectivity index (χ4v) is 5.07. The number of nitrogens with two attached hydrogens (primary N) is 1. The lowest BCUT2D eigenvalue weighted by molar-refractivity contribution is 0.0741. The molecule has 9 nitrogen and oxygen atoms in total. The number of rotatable bonds is 12. The Morgan fingerprint density at radius 1 is 1.08 bits per heavy atom. The number of benzene rings is 2. The SMILES string of the molecule is CCOCCNCCNC(OC)c1ccc2c(c1)ncn2-c1ccc2cccc(N3CCC(N)CC3)c2n1. The number of hydrogen-bond donors (Lipinski definition) is 3. The number of nitrogens with one attached hydrogen (secondary N) is 2. The molecular formula is C29H39N7O2. The lowest BCUT2D eigenvalue weighted by Gasteiger charge is -2.32. The molecule has 2 aromatic heterocycles. The largest absolute Gasteiger partial charge is 0.380 e. The predicted octanol–water partition coefficient (Wildman–Crippen LogP) is 3.36. The lowest BCUT2D eigenvalue weighted by atomic mass is 10.0. The summed E-state index contributed by atoms with van der Waals surface area (Å²) in [6, 6.07) is 17.2. The highest BCUT2D eigenvalue weighted by Crippen LogP contribution is 2.29. The predicted molar refractivity (Wildman–Crippen MR) is 153 cm³/mol. The number of anilines is 1. The summed E-state index contributed by atoms with van der Waals surface area (Å²) in [4.78, 5) is 12.2. The molecule has 1 saturated heterocycles. The number of nitrogens with zero attached hydrogens (tertiary/aromatic N) is 4. The number of hydrogen-bond acceptors (Lipinski definition) is 8. The van der Waals surface area contributed by atoms with Gasteiger partial charge in [-0.3, -0.25) is 9.88 Å². The van der Waals surface area contributed by atoms with Crippen LogP contribution in [-0.4, -0.2) is 73.6 Å². The van der Waals surface area contributed by atoms with E-state index in [2.05, 4.69) is 68.6 Å². The van der Waals surface area contributed by atoms with Crippen molar-refractivity contribution in [3.8, 4) is 5.82 Å². The van der Waals surface area contributed by atoms with Gasteiger partial charge in [-0.2, -0.15) is 0 Å². The smallest absolute Gasteiger partial charge is 0.139 e. The van der Waals surface area contributed by atoms with Crippen LogP contribution in [0.2, 0.25) is 0 Å². The lowest BCUT2D eigenvalue weighted by Crippen LogP contribution is -2.39. The van der Waals surface area contributed by atoms with Crippen LogP contribution in [0.3, 0.4) is 0 Å². The van der Waals surface area contributed by atoms with Crippen LogP contribution in [0.4, 0.5) is 5.69 Å². The van der Waals surface area contributed by atoms with Crippen molar-refractivity contribution in [2.45, 2.75) is 32.0 Å². The topological polar surface area (TPSA) is 102 Å². The van der Waals surface area contributed by atoms with E-state index in [9.17, 15) is 0 Å². The third-order valence-corrected chi connectivity index (χ3v) is 7.18. The summed E-state index contributed by atoms with van der Waals surface area (Å²) in [7, 11) is 1.72. The first kappa shape index (κ1) is 26.5. The Balaban J connectivity index is 1.33. The van der Waals surface area contributed by atoms with E-state index in [1.807, 2.05) is 13.3 Å². The molecule has 202 valence electrons. The minimum Gasteiger partial charge on any atom is -0.380 e. The zero-order chi connectivity index (χ0) is 26.3. The standard InChI is InChI=1S/C29H39N7O2/c1-3-38-18-15-31-13-14-32-29(37-2)22-7-9-25-24(19-22)33-20-36(25)27-10-8-21-5-4-6-26(28(21)34-27)35-16-11-23(30)12-17-35/h4-10,19-20,23,29,31-32H,3,11-18,30H2,1-2H3. The minimum atomic E-state index is -0.211. The molecule has 1 atom stereocenters. The maximum atomic E-state index is 6.15. The summed E-state index contributed by atoms with van der Waals surface area (Å²) in [5.41, 5.74) is 11.3. The summed E-state index contributed by atoms with van der Waals surface area (Å²) in [6.07, 6.45) is 3.65. The Labute approximate surface area is 224 Å². The maximum Gasteiger partial charge on any atom is 0.139 e. The van der Waals surface area contributed by atoms with Gasteiger partial charge in [0.2, 0.25) is 0 Å². The van der Waals surface area contributed by atoms with Crippen molar-refractivity contribution in [2.24, 2.45) is 5.73 Å². The first-order chi connectivity index (χ1) is 18.7. The second-order valence-electron chi connectivity index (χ2n) is 9.72.